The van der Waals surface area contributed by atoms with Gasteiger partial charge in [-0.05, 0) is 97.5 Å². The van der Waals surface area contributed by atoms with Crippen LogP contribution < -0.4 is 0 Å². The molecule has 0 saturated heterocycles. The molecule has 0 N–H and O–H groups in total. The Kier molecular flexibility index (Phi) is 29.0. The minimum absolute atomic E-state index is 0. The Morgan fingerprint density at radius 1 is 0.209 bits per heavy atom. The van der Waals surface area contributed by atoms with Crippen molar-refractivity contribution < 1.29 is 60.3 Å². The van der Waals surface area contributed by atoms with Gasteiger partial charge in [-0.3, -0.25) is 0 Å². The predicted molar refractivity (Wildman–Crippen MR) is 359 cm³/mol. The minimum Gasteiger partial charge on any atom is -0.305 e. The molecule has 0 bridgehead atoms. The van der Waals surface area contributed by atoms with Crippen LogP contribution in [0.4, 0.5) is 0 Å². The van der Waals surface area contributed by atoms with E-state index in [-0.39, 0.29) is 60.3 Å². The zero-order valence-corrected chi connectivity index (χ0v) is 56.4. The van der Waals surface area contributed by atoms with E-state index in [4.69, 9.17) is 0 Å². The van der Waals surface area contributed by atoms with E-state index in [2.05, 4.69) is 115 Å². The average Bonchev–Trinajstić information content (AvgIpc) is 1.37. The van der Waals surface area contributed by atoms with Crippen LogP contribution in [-0.4, -0.2) is 29.9 Å². The van der Waals surface area contributed by atoms with Crippen molar-refractivity contribution in [1.82, 2.24) is 29.9 Å². The van der Waals surface area contributed by atoms with Crippen LogP contribution in [0.5, 0.6) is 0 Å². The van der Waals surface area contributed by atoms with Crippen LogP contribution in [0.2, 0.25) is 0 Å². The molecule has 6 aromatic heterocycles. The number of hydrogen-bond donors (Lipinski definition) is 0. The summed E-state index contributed by atoms with van der Waals surface area (Å²) >= 11 is 0. The molecule has 0 aliphatic carbocycles. The van der Waals surface area contributed by atoms with Crippen molar-refractivity contribution in [2.24, 2.45) is 0 Å². The van der Waals surface area contributed by atoms with Gasteiger partial charge in [0.15, 0.2) is 0 Å². The third-order valence-corrected chi connectivity index (χ3v) is 13.3. The molecule has 91 heavy (non-hydrogen) atoms. The third kappa shape index (κ3) is 21.4. The number of hydrogen-bond acceptors (Lipinski definition) is 6. The van der Waals surface area contributed by atoms with Crippen molar-refractivity contribution >= 4 is 10.8 Å². The first kappa shape index (κ1) is 68.6. The quantitative estimate of drug-likeness (QED) is 0.141. The standard InChI is InChI=1S/2C17H12N.C15H10N.3C11H8N.3Ir/c1-3-7-14(8-4-1)16-11-12-18-17(13-16)15-9-5-2-6-10-15;1-3-7-14(8-4-1)16-11-12-17(18-13-16)15-9-5-2-6-10-15;1-2-7-13(8-3-1)15-14-9-5-4-6-12(14)10-11-16-15;3*1-2-6-10(7-3-1)11-8-4-5-9-12-11;;;/h2*1-9,11-13H;1-7,9-11H;3*1-6,8-9H;;;/q6*-1;;;. The molecule has 0 unspecified atom stereocenters. The van der Waals surface area contributed by atoms with Crippen LogP contribution in [-0.2, 0) is 60.3 Å². The van der Waals surface area contributed by atoms with Crippen molar-refractivity contribution in [2.45, 2.75) is 0 Å². The van der Waals surface area contributed by atoms with Gasteiger partial charge in [0, 0.05) is 97.5 Å². The van der Waals surface area contributed by atoms with E-state index < -0.39 is 0 Å². The molecular formula is C82H58Ir3N6-6. The molecule has 0 saturated carbocycles. The van der Waals surface area contributed by atoms with Crippen LogP contribution in [0.25, 0.3) is 101 Å². The fraction of sp³-hybridized carbons (Fsp3) is 0. The van der Waals surface area contributed by atoms with E-state index >= 15 is 0 Å². The zero-order chi connectivity index (χ0) is 59.9. The van der Waals surface area contributed by atoms with E-state index in [1.807, 2.05) is 286 Å². The molecule has 6 heterocycles. The van der Waals surface area contributed by atoms with Gasteiger partial charge in [0.05, 0.1) is 0 Å². The summed E-state index contributed by atoms with van der Waals surface area (Å²) in [5.41, 5.74) is 16.7. The summed E-state index contributed by atoms with van der Waals surface area (Å²) in [6, 6.07) is 123. The van der Waals surface area contributed by atoms with E-state index in [1.165, 1.54) is 27.5 Å². The first-order valence-electron chi connectivity index (χ1n) is 28.6. The van der Waals surface area contributed by atoms with Crippen LogP contribution in [0.15, 0.2) is 353 Å². The predicted octanol–water partition coefficient (Wildman–Crippen LogP) is 19.8. The summed E-state index contributed by atoms with van der Waals surface area (Å²) in [4.78, 5) is 26.0. The fourth-order valence-corrected chi connectivity index (χ4v) is 8.95. The Hall–Kier alpha value is -9.91. The number of rotatable bonds is 8. The molecule has 3 radical (unpaired) electrons. The molecule has 0 atom stereocenters. The molecule has 0 spiro atoms. The Morgan fingerprint density at radius 2 is 0.560 bits per heavy atom. The molecule has 0 fully saturated rings. The fourth-order valence-electron chi connectivity index (χ4n) is 8.95. The monoisotopic (exact) mass is 1710 g/mol. The van der Waals surface area contributed by atoms with E-state index in [0.717, 1.165) is 73.1 Å². The summed E-state index contributed by atoms with van der Waals surface area (Å²) in [5, 5.41) is 2.39. The summed E-state index contributed by atoms with van der Waals surface area (Å²) in [7, 11) is 0. The Morgan fingerprint density at radius 3 is 0.956 bits per heavy atom. The van der Waals surface area contributed by atoms with Crippen molar-refractivity contribution in [1.29, 1.82) is 0 Å². The maximum atomic E-state index is 4.49. The molecule has 0 aliphatic heterocycles. The van der Waals surface area contributed by atoms with Gasteiger partial charge in [0.2, 0.25) is 0 Å². The molecule has 9 aromatic carbocycles. The maximum absolute atomic E-state index is 4.49. The van der Waals surface area contributed by atoms with Crippen LogP contribution in [0, 0.1) is 36.4 Å². The van der Waals surface area contributed by atoms with Gasteiger partial charge in [-0.25, -0.2) is 0 Å². The van der Waals surface area contributed by atoms with Gasteiger partial charge in [0.1, 0.15) is 0 Å². The second-order valence-corrected chi connectivity index (χ2v) is 19.3. The Labute approximate surface area is 575 Å². The third-order valence-electron chi connectivity index (χ3n) is 13.3. The molecule has 0 aliphatic rings. The zero-order valence-electron chi connectivity index (χ0n) is 49.2. The summed E-state index contributed by atoms with van der Waals surface area (Å²) < 4.78 is 0. The van der Waals surface area contributed by atoms with Gasteiger partial charge in [0.25, 0.3) is 0 Å². The molecule has 9 heteroatoms. The minimum atomic E-state index is 0. The van der Waals surface area contributed by atoms with Crippen molar-refractivity contribution in [3.8, 4) is 89.8 Å². The first-order chi connectivity index (χ1) is 43.7. The number of fused-ring (bicyclic) bond motifs is 1. The Balaban J connectivity index is 0.000000155. The molecule has 15 aromatic rings. The second kappa shape index (κ2) is 38.5. The van der Waals surface area contributed by atoms with Gasteiger partial charge in [-0.1, -0.05) is 140 Å². The molecular weight excluding hydrogens is 1650 g/mol. The largest absolute Gasteiger partial charge is 0.305 e. The molecule has 0 amide bonds. The molecule has 6 nitrogen and oxygen atoms in total. The Bertz CT molecular complexity index is 3960. The van der Waals surface area contributed by atoms with Gasteiger partial charge in [-0.2, -0.15) is 0 Å². The van der Waals surface area contributed by atoms with Crippen LogP contribution >= 0.6 is 0 Å². The number of pyridine rings is 6. The number of benzene rings is 9. The van der Waals surface area contributed by atoms with Gasteiger partial charge in [-0.15, -0.1) is 215 Å². The first-order valence-corrected chi connectivity index (χ1v) is 28.6. The smallest absolute Gasteiger partial charge is 0.0239 e. The molecule has 15 rings (SSSR count). The molecule has 449 valence electrons. The second-order valence-electron chi connectivity index (χ2n) is 19.3. The van der Waals surface area contributed by atoms with Crippen LogP contribution in [0.3, 0.4) is 0 Å². The normalized spacial score (nSPS) is 9.71. The van der Waals surface area contributed by atoms with E-state index in [1.54, 1.807) is 18.6 Å². The number of nitrogens with zero attached hydrogens (tertiary/aromatic N) is 6. The topological polar surface area (TPSA) is 77.3 Å². The average molecular weight is 1700 g/mol. The maximum Gasteiger partial charge on any atom is 0.0239 e. The summed E-state index contributed by atoms with van der Waals surface area (Å²) in [5.74, 6) is 0. The summed E-state index contributed by atoms with van der Waals surface area (Å²) in [6.45, 7) is 0. The van der Waals surface area contributed by atoms with Gasteiger partial charge >= 0.3 is 0 Å². The summed E-state index contributed by atoms with van der Waals surface area (Å²) in [6.07, 6.45) is 11.0. The van der Waals surface area contributed by atoms with Crippen molar-refractivity contribution in [3.63, 3.8) is 0 Å². The van der Waals surface area contributed by atoms with Crippen LogP contribution in [0.1, 0.15) is 0 Å². The van der Waals surface area contributed by atoms with Crippen molar-refractivity contribution in [2.75, 3.05) is 0 Å². The number of aromatic nitrogens is 6. The van der Waals surface area contributed by atoms with Crippen molar-refractivity contribution in [3.05, 3.63) is 389 Å². The van der Waals surface area contributed by atoms with Gasteiger partial charge < -0.3 is 29.9 Å². The SMILES string of the molecule is [Ir].[Ir].[Ir].[c-]1ccccc1-c1cc(-c2ccccc2)ccn1.[c-]1ccccc1-c1ccc(-c2ccccc2)cn1.[c-]1ccccc1-c1ccccn1.[c-]1ccccc1-c1ccccn1.[c-]1ccccc1-c1ccccn1.[c-]1ccccc1-c1nccc2ccccc12. The van der Waals surface area contributed by atoms with E-state index in [9.17, 15) is 0 Å². The van der Waals surface area contributed by atoms with E-state index in [0.29, 0.717) is 0 Å².